The topological polar surface area (TPSA) is 130 Å². The van der Waals surface area contributed by atoms with Crippen molar-refractivity contribution < 1.29 is 36.8 Å². The first-order chi connectivity index (χ1) is 8.95. The molecule has 1 spiro atoms. The van der Waals surface area contributed by atoms with Gasteiger partial charge in [-0.25, -0.2) is 18.7 Å². The predicted octanol–water partition coefficient (Wildman–Crippen LogP) is 0.954. The molecule has 0 aromatic carbocycles. The quantitative estimate of drug-likeness (QED) is 0.418. The van der Waals surface area contributed by atoms with Crippen molar-refractivity contribution >= 4 is 27.7 Å². The highest BCUT2D eigenvalue weighted by atomic mass is 31.2. The van der Waals surface area contributed by atoms with Gasteiger partial charge in [0.05, 0.1) is 31.8 Å². The van der Waals surface area contributed by atoms with Gasteiger partial charge in [0.25, 0.3) is 0 Å². The zero-order valence-electron chi connectivity index (χ0n) is 9.38. The average Bonchev–Trinajstić information content (AvgIpc) is 2.38. The summed E-state index contributed by atoms with van der Waals surface area (Å²) in [5.41, 5.74) is -0.849. The van der Waals surface area contributed by atoms with E-state index < -0.39 is 20.9 Å². The van der Waals surface area contributed by atoms with Crippen molar-refractivity contribution in [2.24, 2.45) is 14.9 Å². The van der Waals surface area contributed by atoms with E-state index in [1.54, 1.807) is 0 Å². The second-order valence-electron chi connectivity index (χ2n) is 3.91. The lowest BCUT2D eigenvalue weighted by atomic mass is 9.93. The third-order valence-corrected chi connectivity index (χ3v) is 4.94. The summed E-state index contributed by atoms with van der Waals surface area (Å²) < 4.78 is 48.6. The SMILES string of the molecule is O=C=NP1(=O)OCC2(CO1)COP(=O)(N=C=O)OC2. The van der Waals surface area contributed by atoms with E-state index >= 15 is 0 Å². The molecule has 0 atom stereocenters. The van der Waals surface area contributed by atoms with Crippen LogP contribution in [0.15, 0.2) is 9.53 Å². The zero-order chi connectivity index (χ0) is 14.0. The Labute approximate surface area is 107 Å². The number of carbonyl (C=O) groups excluding carboxylic acids is 2. The molecule has 0 amide bonds. The van der Waals surface area contributed by atoms with Crippen molar-refractivity contribution in [3.8, 4) is 0 Å². The van der Waals surface area contributed by atoms with Crippen LogP contribution in [-0.2, 0) is 36.8 Å². The molecular formula is C7H8N2O8P2. The van der Waals surface area contributed by atoms with E-state index in [-0.39, 0.29) is 26.4 Å². The van der Waals surface area contributed by atoms with Crippen LogP contribution in [0.3, 0.4) is 0 Å². The molecule has 2 heterocycles. The van der Waals surface area contributed by atoms with E-state index in [9.17, 15) is 18.7 Å². The molecule has 104 valence electrons. The van der Waals surface area contributed by atoms with Crippen molar-refractivity contribution in [1.29, 1.82) is 0 Å². The van der Waals surface area contributed by atoms with Crippen LogP contribution >= 0.6 is 15.5 Å². The van der Waals surface area contributed by atoms with Gasteiger partial charge in [-0.1, -0.05) is 9.53 Å². The molecule has 0 aromatic heterocycles. The van der Waals surface area contributed by atoms with Crippen LogP contribution in [0, 0.1) is 5.41 Å². The smallest absolute Gasteiger partial charge is 0.290 e. The lowest BCUT2D eigenvalue weighted by Crippen LogP contribution is -2.45. The number of nitrogens with zero attached hydrogens (tertiary/aromatic N) is 2. The van der Waals surface area contributed by atoms with E-state index in [4.69, 9.17) is 18.1 Å². The molecule has 0 bridgehead atoms. The van der Waals surface area contributed by atoms with Gasteiger partial charge < -0.3 is 0 Å². The number of rotatable bonds is 2. The maximum absolute atomic E-state index is 11.6. The van der Waals surface area contributed by atoms with Gasteiger partial charge in [-0.05, 0) is 0 Å². The Balaban J connectivity index is 2.03. The highest BCUT2D eigenvalue weighted by molar-refractivity contribution is 7.52. The molecule has 10 nitrogen and oxygen atoms in total. The molecule has 0 saturated carbocycles. The van der Waals surface area contributed by atoms with Gasteiger partial charge in [0, 0.05) is 0 Å². The Bertz CT molecular complexity index is 486. The van der Waals surface area contributed by atoms with Crippen LogP contribution < -0.4 is 0 Å². The highest BCUT2D eigenvalue weighted by Crippen LogP contribution is 2.59. The summed E-state index contributed by atoms with van der Waals surface area (Å²) in [5, 5.41) is 0. The molecule has 12 heteroatoms. The largest absolute Gasteiger partial charge is 0.464 e. The molecule has 2 aliphatic heterocycles. The second-order valence-corrected chi connectivity index (χ2v) is 7.22. The average molecular weight is 310 g/mol. The van der Waals surface area contributed by atoms with E-state index in [1.807, 2.05) is 0 Å². The molecule has 0 N–H and O–H groups in total. The summed E-state index contributed by atoms with van der Waals surface area (Å²) in [7, 11) is -7.63. The summed E-state index contributed by atoms with van der Waals surface area (Å²) in [6.45, 7) is -0.555. The van der Waals surface area contributed by atoms with E-state index in [2.05, 4.69) is 9.53 Å². The summed E-state index contributed by atoms with van der Waals surface area (Å²) in [6.07, 6.45) is 2.19. The molecule has 0 unspecified atom stereocenters. The highest BCUT2D eigenvalue weighted by Gasteiger charge is 2.49. The van der Waals surface area contributed by atoms with Crippen LogP contribution in [0.5, 0.6) is 0 Å². The standard InChI is InChI=1S/C7H8N2O8P2/c10-5-8-18(12)14-1-7(2-15-18)3-16-19(13,9-6-11)17-4-7/h1-4H2. The molecule has 2 saturated heterocycles. The maximum atomic E-state index is 11.6. The van der Waals surface area contributed by atoms with E-state index in [0.717, 1.165) is 12.2 Å². The normalized spacial score (nSPS) is 42.1. The first kappa shape index (κ1) is 14.5. The Kier molecular flexibility index (Phi) is 3.97. The number of isocyanates is 2. The monoisotopic (exact) mass is 310 g/mol. The third-order valence-electron chi connectivity index (χ3n) is 2.46. The van der Waals surface area contributed by atoms with Crippen molar-refractivity contribution in [2.75, 3.05) is 26.4 Å². The Morgan fingerprint density at radius 1 is 0.789 bits per heavy atom. The molecule has 0 aromatic rings. The van der Waals surface area contributed by atoms with E-state index in [0.29, 0.717) is 0 Å². The molecule has 2 fully saturated rings. The van der Waals surface area contributed by atoms with Gasteiger partial charge in [0.15, 0.2) is 0 Å². The molecular weight excluding hydrogens is 302 g/mol. The van der Waals surface area contributed by atoms with Crippen LogP contribution in [-0.4, -0.2) is 38.6 Å². The fourth-order valence-electron chi connectivity index (χ4n) is 1.41. The van der Waals surface area contributed by atoms with Crippen molar-refractivity contribution in [1.82, 2.24) is 0 Å². The lowest BCUT2D eigenvalue weighted by molar-refractivity contribution is -0.0682. The van der Waals surface area contributed by atoms with Gasteiger partial charge in [-0.15, -0.1) is 0 Å². The van der Waals surface area contributed by atoms with Gasteiger partial charge in [0.2, 0.25) is 12.2 Å². The number of hydrogen-bond acceptors (Lipinski definition) is 8. The van der Waals surface area contributed by atoms with Crippen LogP contribution in [0.25, 0.3) is 0 Å². The van der Waals surface area contributed by atoms with Crippen LogP contribution in [0.4, 0.5) is 0 Å². The van der Waals surface area contributed by atoms with Crippen molar-refractivity contribution in [2.45, 2.75) is 0 Å². The van der Waals surface area contributed by atoms with Crippen LogP contribution in [0.1, 0.15) is 0 Å². The minimum absolute atomic E-state index is 0.139. The van der Waals surface area contributed by atoms with Crippen LogP contribution in [0.2, 0.25) is 0 Å². The molecule has 2 aliphatic rings. The van der Waals surface area contributed by atoms with Gasteiger partial charge in [-0.3, -0.25) is 18.1 Å². The van der Waals surface area contributed by atoms with Crippen molar-refractivity contribution in [3.05, 3.63) is 0 Å². The number of hydrogen-bond donors (Lipinski definition) is 0. The predicted molar refractivity (Wildman–Crippen MR) is 57.7 cm³/mol. The molecule has 0 radical (unpaired) electrons. The first-order valence-corrected chi connectivity index (χ1v) is 7.91. The first-order valence-electron chi connectivity index (χ1n) is 4.92. The zero-order valence-corrected chi connectivity index (χ0v) is 11.2. The Morgan fingerprint density at radius 2 is 1.11 bits per heavy atom. The minimum atomic E-state index is -3.82. The molecule has 19 heavy (non-hydrogen) atoms. The Morgan fingerprint density at radius 3 is 1.37 bits per heavy atom. The lowest BCUT2D eigenvalue weighted by Gasteiger charge is -2.40. The van der Waals surface area contributed by atoms with Crippen molar-refractivity contribution in [3.63, 3.8) is 0 Å². The molecule has 2 rings (SSSR count). The Hall–Kier alpha value is -0.940. The van der Waals surface area contributed by atoms with Gasteiger partial charge in [0.1, 0.15) is 0 Å². The summed E-state index contributed by atoms with van der Waals surface area (Å²) in [5.74, 6) is 0. The van der Waals surface area contributed by atoms with Gasteiger partial charge >= 0.3 is 15.5 Å². The third kappa shape index (κ3) is 3.15. The van der Waals surface area contributed by atoms with Gasteiger partial charge in [-0.2, -0.15) is 0 Å². The fraction of sp³-hybridized carbons (Fsp3) is 0.714. The molecule has 0 aliphatic carbocycles. The minimum Gasteiger partial charge on any atom is -0.290 e. The van der Waals surface area contributed by atoms with E-state index in [1.165, 1.54) is 0 Å². The maximum Gasteiger partial charge on any atom is 0.464 e. The summed E-state index contributed by atoms with van der Waals surface area (Å²) in [6, 6.07) is 0. The fourth-order valence-corrected chi connectivity index (χ4v) is 3.74. The summed E-state index contributed by atoms with van der Waals surface area (Å²) >= 11 is 0. The second kappa shape index (κ2) is 5.21. The summed E-state index contributed by atoms with van der Waals surface area (Å²) in [4.78, 5) is 20.1.